The summed E-state index contributed by atoms with van der Waals surface area (Å²) in [5.41, 5.74) is 0.719. The van der Waals surface area contributed by atoms with Crippen molar-refractivity contribution >= 4 is 39.9 Å². The zero-order chi connectivity index (χ0) is 10.8. The molecule has 16 heavy (non-hydrogen) atoms. The molecule has 0 bridgehead atoms. The molecule has 1 fully saturated rings. The van der Waals surface area contributed by atoms with Gasteiger partial charge in [0.15, 0.2) is 4.32 Å². The zero-order valence-electron chi connectivity index (χ0n) is 7.88. The van der Waals surface area contributed by atoms with Crippen molar-refractivity contribution in [1.82, 2.24) is 0 Å². The predicted octanol–water partition coefficient (Wildman–Crippen LogP) is 2.45. The van der Waals surface area contributed by atoms with E-state index in [9.17, 15) is 4.79 Å². The molecular weight excluding hydrogens is 338 g/mol. The van der Waals surface area contributed by atoms with Gasteiger partial charge in [-0.05, 0) is 12.1 Å². The van der Waals surface area contributed by atoms with E-state index in [0.717, 1.165) is 23.7 Å². The van der Waals surface area contributed by atoms with Gasteiger partial charge in [-0.2, -0.15) is 0 Å². The van der Waals surface area contributed by atoms with Gasteiger partial charge in [0.25, 0.3) is 5.91 Å². The molecule has 2 rings (SSSR count). The van der Waals surface area contributed by atoms with E-state index in [-0.39, 0.29) is 33.2 Å². The summed E-state index contributed by atoms with van der Waals surface area (Å²) in [6.07, 6.45) is 0.794. The fraction of sp³-hybridized carbons (Fsp3) is 0. The number of para-hydroxylation sites is 1. The van der Waals surface area contributed by atoms with Gasteiger partial charge in [0, 0.05) is 22.4 Å². The van der Waals surface area contributed by atoms with Crippen LogP contribution < -0.4 is 4.90 Å². The van der Waals surface area contributed by atoms with Gasteiger partial charge in [-0.15, -0.1) is 0 Å². The minimum atomic E-state index is -0.279. The number of rotatable bonds is 1. The third-order valence-electron chi connectivity index (χ3n) is 1.93. The van der Waals surface area contributed by atoms with E-state index in [1.54, 1.807) is 12.1 Å². The first-order valence-electron chi connectivity index (χ1n) is 4.19. The molecule has 0 atom stereocenters. The minimum Gasteiger partial charge on any atom is -0.514 e. The second-order valence-corrected chi connectivity index (χ2v) is 4.51. The van der Waals surface area contributed by atoms with Crippen molar-refractivity contribution in [3.8, 4) is 0 Å². The second kappa shape index (κ2) is 5.65. The number of aliphatic hydroxyl groups is 1. The number of carbonyl (C=O) groups excluding carboxylic acids is 1. The number of nitrogens with zero attached hydrogens (tertiary/aromatic N) is 1. The topological polar surface area (TPSA) is 40.5 Å². The summed E-state index contributed by atoms with van der Waals surface area (Å²) in [7, 11) is 0. The van der Waals surface area contributed by atoms with Crippen LogP contribution in [0.25, 0.3) is 0 Å². The van der Waals surface area contributed by atoms with Crippen LogP contribution >= 0.6 is 24.0 Å². The Balaban J connectivity index is 0.00000128. The molecule has 3 nitrogen and oxygen atoms in total. The molecular formula is C10H7AgNO2S2. The number of carbonyl (C=O) groups is 1. The summed E-state index contributed by atoms with van der Waals surface area (Å²) < 4.78 is 0.437. The van der Waals surface area contributed by atoms with E-state index < -0.39 is 0 Å². The first-order chi connectivity index (χ1) is 7.24. The number of hydrogen-bond acceptors (Lipinski definition) is 4. The van der Waals surface area contributed by atoms with Crippen LogP contribution in [0.2, 0.25) is 0 Å². The predicted molar refractivity (Wildman–Crippen MR) is 64.8 cm³/mol. The molecule has 1 aliphatic heterocycles. The molecule has 87 valence electrons. The summed E-state index contributed by atoms with van der Waals surface area (Å²) >= 11 is 6.15. The van der Waals surface area contributed by atoms with Crippen LogP contribution in [0.1, 0.15) is 0 Å². The molecule has 1 heterocycles. The summed E-state index contributed by atoms with van der Waals surface area (Å²) in [6.45, 7) is 0. The molecule has 1 amide bonds. The van der Waals surface area contributed by atoms with E-state index >= 15 is 0 Å². The van der Waals surface area contributed by atoms with Crippen molar-refractivity contribution < 1.29 is 32.3 Å². The van der Waals surface area contributed by atoms with Gasteiger partial charge in [0.05, 0.1) is 11.9 Å². The van der Waals surface area contributed by atoms with Crippen LogP contribution in [0.3, 0.4) is 0 Å². The largest absolute Gasteiger partial charge is 0.514 e. The van der Waals surface area contributed by atoms with E-state index in [1.807, 2.05) is 18.2 Å². The molecule has 1 aromatic carbocycles. The average Bonchev–Trinajstić information content (AvgIpc) is 2.55. The first kappa shape index (κ1) is 13.5. The minimum absolute atomic E-state index is 0. The van der Waals surface area contributed by atoms with E-state index in [2.05, 4.69) is 0 Å². The molecule has 1 aromatic rings. The summed E-state index contributed by atoms with van der Waals surface area (Å²) in [5, 5.41) is 8.83. The van der Waals surface area contributed by atoms with Crippen LogP contribution in [-0.4, -0.2) is 15.3 Å². The van der Waals surface area contributed by atoms with Gasteiger partial charge in [0.2, 0.25) is 0 Å². The second-order valence-electron chi connectivity index (χ2n) is 2.84. The Morgan fingerprint density at radius 1 is 1.31 bits per heavy atom. The van der Waals surface area contributed by atoms with E-state index in [4.69, 9.17) is 17.3 Å². The molecule has 0 unspecified atom stereocenters. The number of benzene rings is 1. The average molecular weight is 345 g/mol. The van der Waals surface area contributed by atoms with Crippen molar-refractivity contribution in [2.45, 2.75) is 0 Å². The number of amides is 1. The standard InChI is InChI=1S/C10H7NO2S2.Ag/c12-6-8-9(13)11(10(14)15-8)7-4-2-1-3-5-7;/h1-6,12H;/b8-6-;. The number of thioether (sulfide) groups is 1. The Labute approximate surface area is 118 Å². The molecule has 1 N–H and O–H groups in total. The van der Waals surface area contributed by atoms with Gasteiger partial charge in [-0.1, -0.05) is 42.2 Å². The molecule has 0 aliphatic carbocycles. The normalized spacial score (nSPS) is 17.8. The Bertz CT molecular complexity index is 447. The van der Waals surface area contributed by atoms with Crippen molar-refractivity contribution in [2.24, 2.45) is 0 Å². The van der Waals surface area contributed by atoms with Crippen molar-refractivity contribution in [1.29, 1.82) is 0 Å². The van der Waals surface area contributed by atoms with Crippen molar-refractivity contribution in [2.75, 3.05) is 4.90 Å². The van der Waals surface area contributed by atoms with Gasteiger partial charge in [-0.3, -0.25) is 9.69 Å². The maximum atomic E-state index is 11.7. The third-order valence-corrected chi connectivity index (χ3v) is 3.22. The Hall–Kier alpha value is -0.590. The number of aliphatic hydroxyl groups excluding tert-OH is 1. The SMILES string of the molecule is O=C1/C(=C/O)SC(=S)N1c1ccccc1.[Ag]. The van der Waals surface area contributed by atoms with Gasteiger partial charge < -0.3 is 5.11 Å². The van der Waals surface area contributed by atoms with Crippen LogP contribution in [0.4, 0.5) is 5.69 Å². The Morgan fingerprint density at radius 3 is 2.44 bits per heavy atom. The molecule has 1 saturated heterocycles. The third kappa shape index (κ3) is 2.39. The monoisotopic (exact) mass is 344 g/mol. The molecule has 1 aliphatic rings. The van der Waals surface area contributed by atoms with E-state index in [0.29, 0.717) is 4.32 Å². The zero-order valence-corrected chi connectivity index (χ0v) is 11.0. The molecule has 1 radical (unpaired) electrons. The molecule has 0 aromatic heterocycles. The molecule has 0 saturated carbocycles. The summed E-state index contributed by atoms with van der Waals surface area (Å²) in [4.78, 5) is 13.4. The van der Waals surface area contributed by atoms with Gasteiger partial charge >= 0.3 is 0 Å². The smallest absolute Gasteiger partial charge is 0.273 e. The summed E-state index contributed by atoms with van der Waals surface area (Å²) in [6, 6.07) is 9.12. The fourth-order valence-corrected chi connectivity index (χ4v) is 2.41. The van der Waals surface area contributed by atoms with Crippen LogP contribution in [0.5, 0.6) is 0 Å². The summed E-state index contributed by atoms with van der Waals surface area (Å²) in [5.74, 6) is -0.279. The van der Waals surface area contributed by atoms with Gasteiger partial charge in [-0.25, -0.2) is 0 Å². The van der Waals surface area contributed by atoms with Crippen LogP contribution in [0, 0.1) is 0 Å². The fourth-order valence-electron chi connectivity index (χ4n) is 1.26. The number of thiocarbonyl (C=S) groups is 1. The maximum absolute atomic E-state index is 11.7. The van der Waals surface area contributed by atoms with Crippen molar-refractivity contribution in [3.05, 3.63) is 41.5 Å². The van der Waals surface area contributed by atoms with E-state index in [1.165, 1.54) is 4.90 Å². The Kier molecular flexibility index (Phi) is 4.76. The van der Waals surface area contributed by atoms with Crippen molar-refractivity contribution in [3.63, 3.8) is 0 Å². The number of anilines is 1. The quantitative estimate of drug-likeness (QED) is 0.367. The van der Waals surface area contributed by atoms with Crippen LogP contribution in [-0.2, 0) is 27.2 Å². The Morgan fingerprint density at radius 2 is 1.94 bits per heavy atom. The van der Waals surface area contributed by atoms with Gasteiger partial charge in [0.1, 0.15) is 4.91 Å². The van der Waals surface area contributed by atoms with Crippen LogP contribution in [0.15, 0.2) is 41.5 Å². The molecule has 6 heteroatoms. The first-order valence-corrected chi connectivity index (χ1v) is 5.42. The maximum Gasteiger partial charge on any atom is 0.273 e. The molecule has 0 spiro atoms. The number of hydrogen-bond donors (Lipinski definition) is 1.